The number of alkyl halides is 2. The third kappa shape index (κ3) is 2.69. The molecule has 0 unspecified atom stereocenters. The summed E-state index contributed by atoms with van der Waals surface area (Å²) in [5.74, 6) is -0.713. The molecule has 1 aromatic carbocycles. The molecule has 1 amide bonds. The maximum Gasteiger partial charge on any atom is 0.315 e. The van der Waals surface area contributed by atoms with E-state index in [1.54, 1.807) is 12.1 Å². The molecule has 1 N–H and O–H groups in total. The molecule has 5 heteroatoms. The predicted molar refractivity (Wildman–Crippen MR) is 47.6 cm³/mol. The molecule has 0 heterocycles. The number of methoxy groups -OCH3 is 1. The van der Waals surface area contributed by atoms with Crippen molar-refractivity contribution >= 4 is 11.6 Å². The summed E-state index contributed by atoms with van der Waals surface area (Å²) < 4.78 is 28.5. The topological polar surface area (TPSA) is 38.3 Å². The molecule has 0 bridgehead atoms. The number of halogens is 2. The van der Waals surface area contributed by atoms with E-state index in [-0.39, 0.29) is 0 Å². The Hall–Kier alpha value is -1.65. The van der Waals surface area contributed by atoms with Gasteiger partial charge in [0.05, 0.1) is 7.11 Å². The molecule has 0 saturated heterocycles. The van der Waals surface area contributed by atoms with Gasteiger partial charge in [-0.3, -0.25) is 4.79 Å². The van der Waals surface area contributed by atoms with Gasteiger partial charge in [-0.1, -0.05) is 0 Å². The summed E-state index contributed by atoms with van der Waals surface area (Å²) in [6.07, 6.45) is -3.00. The number of rotatable bonds is 3. The summed E-state index contributed by atoms with van der Waals surface area (Å²) in [5.41, 5.74) is 0.316. The Morgan fingerprint density at radius 2 is 1.93 bits per heavy atom. The van der Waals surface area contributed by atoms with Crippen molar-refractivity contribution in [2.75, 3.05) is 12.4 Å². The van der Waals surface area contributed by atoms with E-state index >= 15 is 0 Å². The van der Waals surface area contributed by atoms with Crippen molar-refractivity contribution < 1.29 is 18.3 Å². The number of hydrogen-bond donors (Lipinski definition) is 1. The van der Waals surface area contributed by atoms with Crippen LogP contribution in [-0.4, -0.2) is 19.4 Å². The minimum absolute atomic E-state index is 0.316. The Morgan fingerprint density at radius 1 is 1.36 bits per heavy atom. The van der Waals surface area contributed by atoms with Gasteiger partial charge in [0, 0.05) is 5.69 Å². The molecule has 0 saturated carbocycles. The summed E-state index contributed by atoms with van der Waals surface area (Å²) in [5, 5.41) is 2.05. The molecule has 0 aliphatic heterocycles. The highest BCUT2D eigenvalue weighted by Gasteiger charge is 2.14. The molecule has 0 radical (unpaired) electrons. The first-order valence-corrected chi connectivity index (χ1v) is 3.86. The molecule has 0 spiro atoms. The lowest BCUT2D eigenvalue weighted by Gasteiger charge is -2.04. The highest BCUT2D eigenvalue weighted by molar-refractivity contribution is 5.93. The molecule has 3 nitrogen and oxygen atoms in total. The number of carbonyl (C=O) groups is 1. The maximum atomic E-state index is 11.8. The van der Waals surface area contributed by atoms with E-state index in [0.717, 1.165) is 0 Å². The number of amides is 1. The highest BCUT2D eigenvalue weighted by atomic mass is 19.3. The van der Waals surface area contributed by atoms with Crippen molar-refractivity contribution in [1.82, 2.24) is 0 Å². The van der Waals surface area contributed by atoms with Crippen LogP contribution in [0.2, 0.25) is 0 Å². The number of anilines is 1. The second-order valence-electron chi connectivity index (χ2n) is 2.52. The normalized spacial score (nSPS) is 10.0. The van der Waals surface area contributed by atoms with Crippen LogP contribution in [0.1, 0.15) is 0 Å². The Kier molecular flexibility index (Phi) is 3.39. The maximum absolute atomic E-state index is 11.8. The Bertz CT molecular complexity index is 311. The zero-order valence-corrected chi connectivity index (χ0v) is 7.46. The van der Waals surface area contributed by atoms with Crippen LogP contribution in [0.5, 0.6) is 5.75 Å². The van der Waals surface area contributed by atoms with Gasteiger partial charge >= 0.3 is 6.43 Å². The fraction of sp³-hybridized carbons (Fsp3) is 0.222. The highest BCUT2D eigenvalue weighted by Crippen LogP contribution is 2.15. The molecule has 0 atom stereocenters. The largest absolute Gasteiger partial charge is 0.497 e. The van der Waals surface area contributed by atoms with Crippen molar-refractivity contribution in [2.24, 2.45) is 0 Å². The van der Waals surface area contributed by atoms with Gasteiger partial charge in [0.2, 0.25) is 0 Å². The van der Waals surface area contributed by atoms with E-state index in [1.165, 1.54) is 19.2 Å². The van der Waals surface area contributed by atoms with Crippen LogP contribution in [0.25, 0.3) is 0 Å². The van der Waals surface area contributed by atoms with Crippen LogP contribution in [-0.2, 0) is 4.79 Å². The molecule has 1 aromatic rings. The predicted octanol–water partition coefficient (Wildman–Crippen LogP) is 1.90. The fourth-order valence-electron chi connectivity index (χ4n) is 0.871. The zero-order chi connectivity index (χ0) is 10.6. The molecular weight excluding hydrogens is 192 g/mol. The summed E-state index contributed by atoms with van der Waals surface area (Å²) in [7, 11) is 1.49. The van der Waals surface area contributed by atoms with Crippen LogP contribution >= 0.6 is 0 Å². The monoisotopic (exact) mass is 201 g/mol. The number of benzene rings is 1. The van der Waals surface area contributed by atoms with Crippen molar-refractivity contribution in [3.63, 3.8) is 0 Å². The van der Waals surface area contributed by atoms with Gasteiger partial charge in [0.1, 0.15) is 5.75 Å². The van der Waals surface area contributed by atoms with Gasteiger partial charge in [0.15, 0.2) is 0 Å². The lowest BCUT2D eigenvalue weighted by molar-refractivity contribution is -0.126. The van der Waals surface area contributed by atoms with Gasteiger partial charge in [-0.15, -0.1) is 0 Å². The number of nitrogens with one attached hydrogen (secondary N) is 1. The van der Waals surface area contributed by atoms with Gasteiger partial charge in [-0.25, -0.2) is 0 Å². The quantitative estimate of drug-likeness (QED) is 0.811. The third-order valence-corrected chi connectivity index (χ3v) is 1.56. The average molecular weight is 201 g/mol. The Morgan fingerprint density at radius 3 is 2.36 bits per heavy atom. The smallest absolute Gasteiger partial charge is 0.315 e. The molecule has 76 valence electrons. The molecule has 14 heavy (non-hydrogen) atoms. The van der Waals surface area contributed by atoms with Crippen LogP contribution < -0.4 is 10.1 Å². The standard InChI is InChI=1S/C9H9F2NO2/c1-14-7-4-2-6(3-5-7)12-9(13)8(10)11/h2-5,8H,1H3,(H,12,13). The second kappa shape index (κ2) is 4.55. The first-order valence-electron chi connectivity index (χ1n) is 3.86. The SMILES string of the molecule is COc1ccc(NC(=O)C(F)F)cc1. The second-order valence-corrected chi connectivity index (χ2v) is 2.52. The van der Waals surface area contributed by atoms with Crippen LogP contribution in [0, 0.1) is 0 Å². The van der Waals surface area contributed by atoms with Crippen molar-refractivity contribution in [3.05, 3.63) is 24.3 Å². The first-order chi connectivity index (χ1) is 6.63. The average Bonchev–Trinajstić information content (AvgIpc) is 2.19. The van der Waals surface area contributed by atoms with Crippen molar-refractivity contribution in [1.29, 1.82) is 0 Å². The molecule has 0 fully saturated rings. The van der Waals surface area contributed by atoms with Crippen molar-refractivity contribution in [3.8, 4) is 5.75 Å². The first kappa shape index (κ1) is 10.4. The molecule has 1 rings (SSSR count). The van der Waals surface area contributed by atoms with E-state index < -0.39 is 12.3 Å². The number of ether oxygens (including phenoxy) is 1. The van der Waals surface area contributed by atoms with Gasteiger partial charge in [-0.2, -0.15) is 8.78 Å². The third-order valence-electron chi connectivity index (χ3n) is 1.56. The van der Waals surface area contributed by atoms with E-state index in [1.807, 2.05) is 5.32 Å². The van der Waals surface area contributed by atoms with E-state index in [4.69, 9.17) is 4.74 Å². The molecule has 0 aliphatic carbocycles. The summed E-state index contributed by atoms with van der Waals surface area (Å²) in [6.45, 7) is 0. The lowest BCUT2D eigenvalue weighted by Crippen LogP contribution is -2.19. The van der Waals surface area contributed by atoms with Gasteiger partial charge in [-0.05, 0) is 24.3 Å². The van der Waals surface area contributed by atoms with Gasteiger partial charge < -0.3 is 10.1 Å². The van der Waals surface area contributed by atoms with Crippen LogP contribution in [0.4, 0.5) is 14.5 Å². The summed E-state index contributed by atoms with van der Waals surface area (Å²) in [4.78, 5) is 10.6. The molecular formula is C9H9F2NO2. The zero-order valence-electron chi connectivity index (χ0n) is 7.46. The lowest BCUT2D eigenvalue weighted by atomic mass is 10.3. The van der Waals surface area contributed by atoms with Gasteiger partial charge in [0.25, 0.3) is 5.91 Å². The number of hydrogen-bond acceptors (Lipinski definition) is 2. The van der Waals surface area contributed by atoms with E-state index in [2.05, 4.69) is 0 Å². The van der Waals surface area contributed by atoms with E-state index in [9.17, 15) is 13.6 Å². The Labute approximate surface area is 79.7 Å². The van der Waals surface area contributed by atoms with E-state index in [0.29, 0.717) is 11.4 Å². The molecule has 0 aromatic heterocycles. The Balaban J connectivity index is 2.64. The minimum Gasteiger partial charge on any atom is -0.497 e. The van der Waals surface area contributed by atoms with Crippen LogP contribution in [0.15, 0.2) is 24.3 Å². The number of carbonyl (C=O) groups excluding carboxylic acids is 1. The summed E-state index contributed by atoms with van der Waals surface area (Å²) in [6, 6.07) is 6.11. The summed E-state index contributed by atoms with van der Waals surface area (Å²) >= 11 is 0. The minimum atomic E-state index is -3.00. The van der Waals surface area contributed by atoms with Crippen molar-refractivity contribution in [2.45, 2.75) is 6.43 Å². The molecule has 0 aliphatic rings. The fourth-order valence-corrected chi connectivity index (χ4v) is 0.871. The van der Waals surface area contributed by atoms with Crippen LogP contribution in [0.3, 0.4) is 0 Å².